The van der Waals surface area contributed by atoms with Crippen molar-refractivity contribution < 1.29 is 18.3 Å². The van der Waals surface area contributed by atoms with Crippen LogP contribution in [0.4, 0.5) is 0 Å². The summed E-state index contributed by atoms with van der Waals surface area (Å²) in [5, 5.41) is 21.9. The molecule has 0 spiro atoms. The molecule has 142 valence electrons. The first kappa shape index (κ1) is 19.0. The van der Waals surface area contributed by atoms with Gasteiger partial charge in [0.2, 0.25) is 5.91 Å². The smallest absolute Gasteiger partial charge is 0.250 e. The van der Waals surface area contributed by atoms with Crippen molar-refractivity contribution in [2.24, 2.45) is 0 Å². The highest BCUT2D eigenvalue weighted by molar-refractivity contribution is 7.91. The molecule has 1 fully saturated rings. The lowest BCUT2D eigenvalue weighted by Crippen LogP contribution is -2.47. The van der Waals surface area contributed by atoms with Gasteiger partial charge in [-0.3, -0.25) is 4.79 Å². The Morgan fingerprint density at radius 1 is 1.42 bits per heavy atom. The molecule has 2 heterocycles. The second kappa shape index (κ2) is 7.82. The monoisotopic (exact) mass is 399 g/mol. The number of nitrogens with zero attached hydrogens (tertiary/aromatic N) is 3. The SMILES string of the molecule is CCn1c(CO)nnc1C1CC(NC(=O)CNS(=O)(=O)c2cccs2)C1. The zero-order valence-corrected chi connectivity index (χ0v) is 15.9. The molecule has 2 aromatic rings. The van der Waals surface area contributed by atoms with Crippen molar-refractivity contribution in [3.05, 3.63) is 29.2 Å². The first-order chi connectivity index (χ1) is 12.4. The summed E-state index contributed by atoms with van der Waals surface area (Å²) in [6.45, 7) is 2.19. The minimum Gasteiger partial charge on any atom is -0.388 e. The van der Waals surface area contributed by atoms with Crippen LogP contribution in [0.5, 0.6) is 0 Å². The third-order valence-electron chi connectivity index (χ3n) is 4.36. The molecule has 0 bridgehead atoms. The Morgan fingerprint density at radius 2 is 2.19 bits per heavy atom. The largest absolute Gasteiger partial charge is 0.388 e. The highest BCUT2D eigenvalue weighted by atomic mass is 32.2. The lowest BCUT2D eigenvalue weighted by atomic mass is 9.79. The molecule has 2 aromatic heterocycles. The summed E-state index contributed by atoms with van der Waals surface area (Å²) in [6.07, 6.45) is 1.43. The van der Waals surface area contributed by atoms with E-state index in [-0.39, 0.29) is 35.2 Å². The summed E-state index contributed by atoms with van der Waals surface area (Å²) in [5.41, 5.74) is 0. The van der Waals surface area contributed by atoms with Crippen LogP contribution in [0.15, 0.2) is 21.7 Å². The van der Waals surface area contributed by atoms with Gasteiger partial charge in [0.05, 0.1) is 6.54 Å². The van der Waals surface area contributed by atoms with Crippen LogP contribution in [0.2, 0.25) is 0 Å². The quantitative estimate of drug-likeness (QED) is 0.582. The van der Waals surface area contributed by atoms with E-state index >= 15 is 0 Å². The molecule has 9 nitrogen and oxygen atoms in total. The Hall–Kier alpha value is -1.82. The summed E-state index contributed by atoms with van der Waals surface area (Å²) in [4.78, 5) is 12.0. The lowest BCUT2D eigenvalue weighted by molar-refractivity contribution is -0.121. The minimum atomic E-state index is -3.64. The molecule has 0 atom stereocenters. The molecule has 1 aliphatic carbocycles. The molecule has 0 unspecified atom stereocenters. The van der Waals surface area contributed by atoms with Crippen LogP contribution < -0.4 is 10.0 Å². The van der Waals surface area contributed by atoms with E-state index in [0.717, 1.165) is 17.2 Å². The van der Waals surface area contributed by atoms with Crippen LogP contribution in [0.1, 0.15) is 37.3 Å². The first-order valence-electron chi connectivity index (χ1n) is 8.30. The number of hydrogen-bond donors (Lipinski definition) is 3. The number of carbonyl (C=O) groups is 1. The summed E-state index contributed by atoms with van der Waals surface area (Å²) < 4.78 is 28.4. The summed E-state index contributed by atoms with van der Waals surface area (Å²) in [6, 6.07) is 3.12. The number of sulfonamides is 1. The summed E-state index contributed by atoms with van der Waals surface area (Å²) in [7, 11) is -3.64. The summed E-state index contributed by atoms with van der Waals surface area (Å²) >= 11 is 1.10. The fourth-order valence-electron chi connectivity index (χ4n) is 2.99. The number of hydrogen-bond acceptors (Lipinski definition) is 7. The third-order valence-corrected chi connectivity index (χ3v) is 7.16. The fourth-order valence-corrected chi connectivity index (χ4v) is 5.01. The van der Waals surface area contributed by atoms with Crippen LogP contribution in [-0.2, 0) is 28.0 Å². The van der Waals surface area contributed by atoms with Gasteiger partial charge in [-0.05, 0) is 31.2 Å². The van der Waals surface area contributed by atoms with Crippen LogP contribution in [-0.4, -0.2) is 46.8 Å². The molecule has 0 saturated heterocycles. The van der Waals surface area contributed by atoms with Gasteiger partial charge in [0.1, 0.15) is 16.6 Å². The predicted octanol–water partition coefficient (Wildman–Crippen LogP) is 0.193. The third kappa shape index (κ3) is 3.95. The Bertz CT molecular complexity index is 857. The molecule has 11 heteroatoms. The maximum atomic E-state index is 12.0. The molecule has 1 amide bonds. The van der Waals surface area contributed by atoms with Crippen LogP contribution >= 0.6 is 11.3 Å². The van der Waals surface area contributed by atoms with Gasteiger partial charge < -0.3 is 15.0 Å². The number of carbonyl (C=O) groups excluding carboxylic acids is 1. The van der Waals surface area contributed by atoms with Gasteiger partial charge in [-0.15, -0.1) is 21.5 Å². The minimum absolute atomic E-state index is 0.0154. The van der Waals surface area contributed by atoms with Gasteiger partial charge >= 0.3 is 0 Å². The van der Waals surface area contributed by atoms with Gasteiger partial charge in [0.15, 0.2) is 5.82 Å². The van der Waals surface area contributed by atoms with Crippen LogP contribution in [0.3, 0.4) is 0 Å². The molecule has 3 N–H and O–H groups in total. The highest BCUT2D eigenvalue weighted by Gasteiger charge is 2.35. The Balaban J connectivity index is 1.47. The number of aliphatic hydroxyl groups is 1. The van der Waals surface area contributed by atoms with E-state index in [4.69, 9.17) is 0 Å². The number of thiophene rings is 1. The predicted molar refractivity (Wildman–Crippen MR) is 95.0 cm³/mol. The molecule has 0 aliphatic heterocycles. The standard InChI is InChI=1S/C15H21N5O4S2/c1-2-20-12(9-21)18-19-15(20)10-6-11(7-10)17-13(22)8-16-26(23,24)14-4-3-5-25-14/h3-5,10-11,16,21H,2,6-9H2,1H3,(H,17,22). The lowest BCUT2D eigenvalue weighted by Gasteiger charge is -2.35. The van der Waals surface area contributed by atoms with E-state index in [0.29, 0.717) is 25.2 Å². The number of amides is 1. The zero-order valence-electron chi connectivity index (χ0n) is 14.3. The number of rotatable bonds is 8. The first-order valence-corrected chi connectivity index (χ1v) is 10.7. The molecule has 0 aromatic carbocycles. The van der Waals surface area contributed by atoms with E-state index < -0.39 is 10.0 Å². The van der Waals surface area contributed by atoms with Crippen molar-refractivity contribution in [2.45, 2.75) is 49.1 Å². The maximum Gasteiger partial charge on any atom is 0.250 e. The Morgan fingerprint density at radius 3 is 2.81 bits per heavy atom. The molecule has 1 aliphatic rings. The van der Waals surface area contributed by atoms with Gasteiger partial charge in [-0.1, -0.05) is 6.07 Å². The van der Waals surface area contributed by atoms with E-state index in [2.05, 4.69) is 20.2 Å². The second-order valence-electron chi connectivity index (χ2n) is 6.07. The number of nitrogens with one attached hydrogen (secondary N) is 2. The molecule has 1 saturated carbocycles. The number of aromatic nitrogens is 3. The second-order valence-corrected chi connectivity index (χ2v) is 9.01. The van der Waals surface area contributed by atoms with Crippen molar-refractivity contribution >= 4 is 27.3 Å². The van der Waals surface area contributed by atoms with Crippen molar-refractivity contribution in [1.82, 2.24) is 24.8 Å². The average molecular weight is 399 g/mol. The van der Waals surface area contributed by atoms with Gasteiger partial charge in [-0.25, -0.2) is 13.1 Å². The normalized spacial score (nSPS) is 19.9. The van der Waals surface area contributed by atoms with E-state index in [9.17, 15) is 18.3 Å². The van der Waals surface area contributed by atoms with E-state index in [1.54, 1.807) is 11.4 Å². The van der Waals surface area contributed by atoms with Gasteiger partial charge in [0.25, 0.3) is 10.0 Å². The molecular weight excluding hydrogens is 378 g/mol. The topological polar surface area (TPSA) is 126 Å². The van der Waals surface area contributed by atoms with E-state index in [1.165, 1.54) is 6.07 Å². The van der Waals surface area contributed by atoms with Crippen molar-refractivity contribution in [1.29, 1.82) is 0 Å². The van der Waals surface area contributed by atoms with E-state index in [1.807, 2.05) is 11.5 Å². The average Bonchev–Trinajstić information content (AvgIpc) is 3.25. The zero-order chi connectivity index (χ0) is 18.7. The molecule has 0 radical (unpaired) electrons. The van der Waals surface area contributed by atoms with Crippen molar-refractivity contribution in [3.8, 4) is 0 Å². The Labute approximate surface area is 155 Å². The Kier molecular flexibility index (Phi) is 5.70. The number of aliphatic hydroxyl groups excluding tert-OH is 1. The van der Waals surface area contributed by atoms with Crippen molar-refractivity contribution in [3.63, 3.8) is 0 Å². The molecule has 3 rings (SSSR count). The maximum absolute atomic E-state index is 12.0. The highest BCUT2D eigenvalue weighted by Crippen LogP contribution is 2.36. The van der Waals surface area contributed by atoms with Gasteiger partial charge in [0, 0.05) is 18.5 Å². The molecular formula is C15H21N5O4S2. The fraction of sp³-hybridized carbons (Fsp3) is 0.533. The molecule has 26 heavy (non-hydrogen) atoms. The van der Waals surface area contributed by atoms with Crippen molar-refractivity contribution in [2.75, 3.05) is 6.54 Å². The van der Waals surface area contributed by atoms with Crippen LogP contribution in [0, 0.1) is 0 Å². The van der Waals surface area contributed by atoms with Gasteiger partial charge in [-0.2, -0.15) is 0 Å². The van der Waals surface area contributed by atoms with Crippen LogP contribution in [0.25, 0.3) is 0 Å². The summed E-state index contributed by atoms with van der Waals surface area (Å²) in [5.74, 6) is 1.18.